The molecule has 24 heavy (non-hydrogen) atoms. The lowest BCUT2D eigenvalue weighted by Gasteiger charge is -2.23. The largest absolute Gasteiger partial charge is 0.312 e. The normalized spacial score (nSPS) is 16.3. The zero-order chi connectivity index (χ0) is 17.4. The monoisotopic (exact) mass is 502 g/mol. The Balaban J connectivity index is 2.00. The van der Waals surface area contributed by atoms with E-state index in [-0.39, 0.29) is 5.91 Å². The van der Waals surface area contributed by atoms with Crippen LogP contribution < -0.4 is 5.32 Å². The van der Waals surface area contributed by atoms with Gasteiger partial charge in [-0.15, -0.1) is 22.7 Å². The van der Waals surface area contributed by atoms with Crippen LogP contribution >= 0.6 is 66.8 Å². The topological polar surface area (TPSA) is 52.9 Å². The van der Waals surface area contributed by atoms with E-state index < -0.39 is 0 Å². The van der Waals surface area contributed by atoms with E-state index >= 15 is 0 Å². The third-order valence-corrected chi connectivity index (χ3v) is 8.68. The molecule has 2 aromatic heterocycles. The lowest BCUT2D eigenvalue weighted by Crippen LogP contribution is -2.16. The van der Waals surface area contributed by atoms with Gasteiger partial charge in [0.25, 0.3) is 5.91 Å². The Kier molecular flexibility index (Phi) is 5.57. The molecule has 1 amide bonds. The summed E-state index contributed by atoms with van der Waals surface area (Å²) in [6.07, 6.45) is 2.80. The molecule has 0 aromatic carbocycles. The maximum absolute atomic E-state index is 12.5. The van der Waals surface area contributed by atoms with Gasteiger partial charge >= 0.3 is 0 Å². The summed E-state index contributed by atoms with van der Waals surface area (Å²) >= 11 is 15.0. The van der Waals surface area contributed by atoms with E-state index in [1.54, 1.807) is 6.07 Å². The van der Waals surface area contributed by atoms with Crippen LogP contribution in [0.1, 0.15) is 39.7 Å². The summed E-state index contributed by atoms with van der Waals surface area (Å²) in [4.78, 5) is 13.1. The Morgan fingerprint density at radius 3 is 2.79 bits per heavy atom. The van der Waals surface area contributed by atoms with Crippen molar-refractivity contribution >= 4 is 77.7 Å². The molecule has 1 aliphatic carbocycles. The SMILES string of the molecule is CC1CCc2c(C#N)c(NC(=O)c3cc(Br)c(Br)s3)sc(=S)c2C1. The Morgan fingerprint density at radius 1 is 1.42 bits per heavy atom. The molecule has 0 fully saturated rings. The van der Waals surface area contributed by atoms with Crippen molar-refractivity contribution in [3.05, 3.63) is 39.7 Å². The van der Waals surface area contributed by atoms with Crippen LogP contribution in [0.2, 0.25) is 0 Å². The number of hydrogen-bond acceptors (Lipinski definition) is 5. The summed E-state index contributed by atoms with van der Waals surface area (Å²) in [5.74, 6) is 0.358. The molecule has 1 aliphatic rings. The number of nitrogens with zero attached hydrogens (tertiary/aromatic N) is 1. The zero-order valence-electron chi connectivity index (χ0n) is 12.6. The van der Waals surface area contributed by atoms with Crippen LogP contribution in [0.25, 0.3) is 0 Å². The highest BCUT2D eigenvalue weighted by Gasteiger charge is 2.24. The third-order valence-electron chi connectivity index (χ3n) is 3.98. The van der Waals surface area contributed by atoms with Gasteiger partial charge in [0.05, 0.1) is 18.1 Å². The lowest BCUT2D eigenvalue weighted by atomic mass is 9.85. The summed E-state index contributed by atoms with van der Waals surface area (Å²) in [5, 5.41) is 13.1. The molecule has 0 aliphatic heterocycles. The lowest BCUT2D eigenvalue weighted by molar-refractivity contribution is 0.103. The Hall–Kier alpha value is -0.590. The average molecular weight is 504 g/mol. The molecular formula is C16H12Br2N2OS3. The molecule has 8 heteroatoms. The van der Waals surface area contributed by atoms with Gasteiger partial charge in [0.15, 0.2) is 0 Å². The average Bonchev–Trinajstić information content (AvgIpc) is 2.88. The maximum atomic E-state index is 12.5. The number of halogens is 2. The fourth-order valence-corrected chi connectivity index (χ4v) is 6.09. The van der Waals surface area contributed by atoms with Crippen molar-refractivity contribution < 1.29 is 4.79 Å². The van der Waals surface area contributed by atoms with Crippen LogP contribution in [-0.2, 0) is 12.8 Å². The highest BCUT2D eigenvalue weighted by Crippen LogP contribution is 2.37. The minimum atomic E-state index is -0.224. The van der Waals surface area contributed by atoms with Gasteiger partial charge in [0.1, 0.15) is 11.1 Å². The summed E-state index contributed by atoms with van der Waals surface area (Å²) in [5.41, 5.74) is 2.70. The molecule has 0 radical (unpaired) electrons. The second-order valence-electron chi connectivity index (χ2n) is 5.70. The number of fused-ring (bicyclic) bond motifs is 1. The van der Waals surface area contributed by atoms with Crippen LogP contribution in [-0.4, -0.2) is 5.91 Å². The first-order chi connectivity index (χ1) is 11.4. The van der Waals surface area contributed by atoms with Gasteiger partial charge in [0.2, 0.25) is 0 Å². The van der Waals surface area contributed by atoms with E-state index in [1.807, 2.05) is 0 Å². The quantitative estimate of drug-likeness (QED) is 0.488. The van der Waals surface area contributed by atoms with Crippen molar-refractivity contribution in [3.63, 3.8) is 0 Å². The maximum Gasteiger partial charge on any atom is 0.266 e. The fourth-order valence-electron chi connectivity index (χ4n) is 2.77. The Morgan fingerprint density at radius 2 is 2.17 bits per heavy atom. The summed E-state index contributed by atoms with van der Waals surface area (Å²) < 4.78 is 2.48. The number of thiophene rings is 1. The van der Waals surface area contributed by atoms with Crippen LogP contribution in [0.5, 0.6) is 0 Å². The van der Waals surface area contributed by atoms with E-state index in [0.717, 1.165) is 42.5 Å². The molecule has 3 nitrogen and oxygen atoms in total. The molecular weight excluding hydrogens is 492 g/mol. The van der Waals surface area contributed by atoms with Crippen molar-refractivity contribution in [1.29, 1.82) is 5.26 Å². The van der Waals surface area contributed by atoms with E-state index in [4.69, 9.17) is 12.2 Å². The molecule has 0 saturated carbocycles. The number of nitriles is 1. The van der Waals surface area contributed by atoms with Crippen LogP contribution in [0.15, 0.2) is 14.3 Å². The number of nitrogens with one attached hydrogen (secondary N) is 1. The highest BCUT2D eigenvalue weighted by molar-refractivity contribution is 9.13. The van der Waals surface area contributed by atoms with Crippen LogP contribution in [0, 0.1) is 21.1 Å². The molecule has 2 heterocycles. The van der Waals surface area contributed by atoms with E-state index in [9.17, 15) is 10.1 Å². The summed E-state index contributed by atoms with van der Waals surface area (Å²) in [6, 6.07) is 4.03. The number of carbonyl (C=O) groups is 1. The van der Waals surface area contributed by atoms with E-state index in [2.05, 4.69) is 50.2 Å². The standard InChI is InChI=1S/C16H12Br2N2OS3/c1-7-2-3-8-9(4-7)16(22)24-15(10(8)6-19)20-14(21)12-5-11(17)13(18)23-12/h5,7H,2-4H2,1H3,(H,20,21). The molecule has 2 aromatic rings. The molecule has 1 unspecified atom stereocenters. The van der Waals surface area contributed by atoms with Gasteiger partial charge in [-0.1, -0.05) is 19.1 Å². The zero-order valence-corrected chi connectivity index (χ0v) is 18.2. The molecule has 0 saturated heterocycles. The summed E-state index contributed by atoms with van der Waals surface area (Å²) in [7, 11) is 0. The van der Waals surface area contributed by atoms with Crippen molar-refractivity contribution in [2.75, 3.05) is 5.32 Å². The first-order valence-corrected chi connectivity index (χ1v) is 10.9. The van der Waals surface area contributed by atoms with Crippen LogP contribution in [0.3, 0.4) is 0 Å². The molecule has 1 N–H and O–H groups in total. The van der Waals surface area contributed by atoms with Gasteiger partial charge in [-0.2, -0.15) is 5.26 Å². The van der Waals surface area contributed by atoms with Gasteiger partial charge in [-0.3, -0.25) is 4.79 Å². The van der Waals surface area contributed by atoms with Gasteiger partial charge in [0, 0.05) is 4.47 Å². The minimum absolute atomic E-state index is 0.224. The molecule has 0 spiro atoms. The molecule has 0 bridgehead atoms. The van der Waals surface area contributed by atoms with Crippen molar-refractivity contribution in [2.24, 2.45) is 5.92 Å². The number of hydrogen-bond donors (Lipinski definition) is 1. The Labute approximate surface area is 170 Å². The van der Waals surface area contributed by atoms with Gasteiger partial charge < -0.3 is 5.32 Å². The highest BCUT2D eigenvalue weighted by atomic mass is 79.9. The Bertz CT molecular complexity index is 907. The second-order valence-corrected chi connectivity index (χ2v) is 10.6. The molecule has 3 rings (SSSR count). The minimum Gasteiger partial charge on any atom is -0.312 e. The predicted octanol–water partition coefficient (Wildman–Crippen LogP) is 6.31. The van der Waals surface area contributed by atoms with E-state index in [0.29, 0.717) is 21.4 Å². The smallest absolute Gasteiger partial charge is 0.266 e. The van der Waals surface area contributed by atoms with Crippen molar-refractivity contribution in [3.8, 4) is 6.07 Å². The predicted molar refractivity (Wildman–Crippen MR) is 109 cm³/mol. The first-order valence-electron chi connectivity index (χ1n) is 7.25. The number of carbonyl (C=O) groups excluding carboxylic acids is 1. The fraction of sp³-hybridized carbons (Fsp3) is 0.312. The van der Waals surface area contributed by atoms with Gasteiger partial charge in [-0.05, 0) is 74.2 Å². The number of anilines is 1. The summed E-state index contributed by atoms with van der Waals surface area (Å²) in [6.45, 7) is 2.20. The molecule has 124 valence electrons. The van der Waals surface area contributed by atoms with Gasteiger partial charge in [-0.25, -0.2) is 0 Å². The van der Waals surface area contributed by atoms with Crippen molar-refractivity contribution in [2.45, 2.75) is 26.2 Å². The van der Waals surface area contributed by atoms with E-state index in [1.165, 1.54) is 22.7 Å². The van der Waals surface area contributed by atoms with Crippen LogP contribution in [0.4, 0.5) is 5.00 Å². The van der Waals surface area contributed by atoms with Crippen molar-refractivity contribution in [1.82, 2.24) is 0 Å². The second kappa shape index (κ2) is 7.34. The number of amides is 1. The first kappa shape index (κ1) is 18.2. The third kappa shape index (κ3) is 3.51. The molecule has 1 atom stereocenters. The number of rotatable bonds is 2.